The average Bonchev–Trinajstić information content (AvgIpc) is 3.01. The minimum Gasteiger partial charge on any atom is -0.456 e. The predicted octanol–water partition coefficient (Wildman–Crippen LogP) is 5.03. The number of oxazole rings is 1. The summed E-state index contributed by atoms with van der Waals surface area (Å²) in [5, 5.41) is 0. The second kappa shape index (κ2) is 7.48. The van der Waals surface area contributed by atoms with Crippen LogP contribution in [0.5, 0.6) is 0 Å². The summed E-state index contributed by atoms with van der Waals surface area (Å²) < 4.78 is 10.8. The van der Waals surface area contributed by atoms with Crippen molar-refractivity contribution in [1.29, 1.82) is 0 Å². The molecule has 0 atom stereocenters. The van der Waals surface area contributed by atoms with Crippen molar-refractivity contribution in [2.75, 3.05) is 11.4 Å². The van der Waals surface area contributed by atoms with Gasteiger partial charge >= 0.3 is 5.97 Å². The summed E-state index contributed by atoms with van der Waals surface area (Å²) in [7, 11) is 0. The van der Waals surface area contributed by atoms with Crippen LogP contribution in [0.4, 0.5) is 11.4 Å². The first kappa shape index (κ1) is 17.7. The maximum Gasteiger partial charge on any atom is 0.308 e. The molecule has 0 bridgehead atoms. The predicted molar refractivity (Wildman–Crippen MR) is 104 cm³/mol. The maximum atomic E-state index is 12.3. The van der Waals surface area contributed by atoms with Crippen molar-refractivity contribution < 1.29 is 13.9 Å². The molecular weight excluding hydrogens is 360 g/mol. The number of nitrogens with zero attached hydrogens (tertiary/aromatic N) is 2. The fourth-order valence-corrected chi connectivity index (χ4v) is 4.14. The summed E-state index contributed by atoms with van der Waals surface area (Å²) in [6.07, 6.45) is 0.284. The topological polar surface area (TPSA) is 55.6 Å². The van der Waals surface area contributed by atoms with Gasteiger partial charge in [0.15, 0.2) is 6.61 Å². The monoisotopic (exact) mass is 380 g/mol. The first-order valence-electron chi connectivity index (χ1n) is 8.84. The van der Waals surface area contributed by atoms with Crippen molar-refractivity contribution in [1.82, 2.24) is 4.98 Å². The number of aryl methyl sites for hydroxylation is 2. The lowest BCUT2D eigenvalue weighted by Gasteiger charge is -2.32. The van der Waals surface area contributed by atoms with Gasteiger partial charge in [-0.15, -0.1) is 0 Å². The molecule has 5 nitrogen and oxygen atoms in total. The van der Waals surface area contributed by atoms with Crippen molar-refractivity contribution in [3.8, 4) is 0 Å². The van der Waals surface area contributed by atoms with Gasteiger partial charge in [-0.25, -0.2) is 4.98 Å². The van der Waals surface area contributed by atoms with Gasteiger partial charge in [0.25, 0.3) is 0 Å². The number of anilines is 2. The molecule has 0 saturated carbocycles. The van der Waals surface area contributed by atoms with Gasteiger partial charge in [-0.05, 0) is 38.1 Å². The lowest BCUT2D eigenvalue weighted by molar-refractivity contribution is -0.145. The molecule has 0 aliphatic carbocycles. The van der Waals surface area contributed by atoms with Crippen LogP contribution in [0.15, 0.2) is 62.7 Å². The van der Waals surface area contributed by atoms with E-state index in [2.05, 4.69) is 34.1 Å². The molecule has 4 rings (SSSR count). The molecule has 2 heterocycles. The van der Waals surface area contributed by atoms with Crippen LogP contribution in [0.1, 0.15) is 23.8 Å². The van der Waals surface area contributed by atoms with Gasteiger partial charge in [0, 0.05) is 16.3 Å². The van der Waals surface area contributed by atoms with Gasteiger partial charge in [-0.1, -0.05) is 36.0 Å². The highest BCUT2D eigenvalue weighted by Crippen LogP contribution is 2.47. The summed E-state index contributed by atoms with van der Waals surface area (Å²) in [6.45, 7) is 4.33. The van der Waals surface area contributed by atoms with Crippen LogP contribution in [-0.4, -0.2) is 17.5 Å². The van der Waals surface area contributed by atoms with Crippen LogP contribution in [-0.2, 0) is 16.1 Å². The molecule has 0 fully saturated rings. The highest BCUT2D eigenvalue weighted by Gasteiger charge is 2.23. The standard InChI is InChI=1S/C21H20N2O3S/c1-14-15(2)26-20(22-14)13-25-21(24)11-12-23-16-7-3-5-9-18(16)27-19-10-6-4-8-17(19)23/h3-10H,11-13H2,1-2H3. The van der Waals surface area contributed by atoms with Gasteiger partial charge in [-0.2, -0.15) is 0 Å². The molecule has 1 aliphatic heterocycles. The first-order valence-corrected chi connectivity index (χ1v) is 9.65. The number of aromatic nitrogens is 1. The third-order valence-corrected chi connectivity index (χ3v) is 5.63. The Morgan fingerprint density at radius 3 is 2.30 bits per heavy atom. The average molecular weight is 380 g/mol. The van der Waals surface area contributed by atoms with E-state index in [1.807, 2.05) is 38.1 Å². The number of benzene rings is 2. The molecule has 1 aromatic heterocycles. The van der Waals surface area contributed by atoms with Gasteiger partial charge in [0.2, 0.25) is 5.89 Å². The molecule has 0 N–H and O–H groups in total. The summed E-state index contributed by atoms with van der Waals surface area (Å²) >= 11 is 1.75. The van der Waals surface area contributed by atoms with Crippen molar-refractivity contribution >= 4 is 29.1 Å². The zero-order valence-electron chi connectivity index (χ0n) is 15.3. The summed E-state index contributed by atoms with van der Waals surface area (Å²) in [4.78, 5) is 21.0. The molecule has 27 heavy (non-hydrogen) atoms. The highest BCUT2D eigenvalue weighted by molar-refractivity contribution is 7.99. The van der Waals surface area contributed by atoms with Crippen molar-refractivity contribution in [2.24, 2.45) is 0 Å². The Morgan fingerprint density at radius 2 is 1.70 bits per heavy atom. The van der Waals surface area contributed by atoms with Gasteiger partial charge in [0.1, 0.15) is 5.76 Å². The van der Waals surface area contributed by atoms with Crippen LogP contribution < -0.4 is 4.90 Å². The molecule has 138 valence electrons. The number of para-hydroxylation sites is 2. The van der Waals surface area contributed by atoms with Crippen LogP contribution in [0.25, 0.3) is 0 Å². The number of ether oxygens (including phenoxy) is 1. The Hall–Kier alpha value is -2.73. The third-order valence-electron chi connectivity index (χ3n) is 4.50. The highest BCUT2D eigenvalue weighted by atomic mass is 32.2. The van der Waals surface area contributed by atoms with Crippen LogP contribution in [0, 0.1) is 13.8 Å². The van der Waals surface area contributed by atoms with E-state index in [0.717, 1.165) is 22.8 Å². The zero-order valence-corrected chi connectivity index (χ0v) is 16.1. The smallest absolute Gasteiger partial charge is 0.308 e. The fraction of sp³-hybridized carbons (Fsp3) is 0.238. The summed E-state index contributed by atoms with van der Waals surface area (Å²) in [5.41, 5.74) is 3.06. The zero-order chi connectivity index (χ0) is 18.8. The van der Waals surface area contributed by atoms with Crippen molar-refractivity contribution in [2.45, 2.75) is 36.7 Å². The van der Waals surface area contributed by atoms with E-state index in [0.29, 0.717) is 12.4 Å². The third kappa shape index (κ3) is 3.71. The lowest BCUT2D eigenvalue weighted by Crippen LogP contribution is -2.24. The molecule has 3 aromatic rings. The minimum atomic E-state index is -0.267. The van der Waals surface area contributed by atoms with Crippen LogP contribution in [0.3, 0.4) is 0 Å². The van der Waals surface area contributed by atoms with E-state index in [9.17, 15) is 4.79 Å². The number of rotatable bonds is 5. The fourth-order valence-electron chi connectivity index (χ4n) is 3.04. The number of fused-ring (bicyclic) bond motifs is 2. The molecule has 6 heteroatoms. The number of esters is 1. The van der Waals surface area contributed by atoms with E-state index < -0.39 is 0 Å². The number of carbonyl (C=O) groups is 1. The summed E-state index contributed by atoms with van der Waals surface area (Å²) in [5.74, 6) is 0.917. The Morgan fingerprint density at radius 1 is 1.07 bits per heavy atom. The quantitative estimate of drug-likeness (QED) is 0.579. The second-order valence-electron chi connectivity index (χ2n) is 6.35. The Kier molecular flexibility index (Phi) is 4.90. The first-order chi connectivity index (χ1) is 13.1. The molecule has 2 aromatic carbocycles. The van der Waals surface area contributed by atoms with E-state index in [1.54, 1.807) is 11.8 Å². The van der Waals surface area contributed by atoms with E-state index in [4.69, 9.17) is 9.15 Å². The minimum absolute atomic E-state index is 0.0660. The van der Waals surface area contributed by atoms with Crippen molar-refractivity contribution in [3.05, 3.63) is 65.9 Å². The Bertz CT molecular complexity index is 918. The Balaban J connectivity index is 1.44. The SMILES string of the molecule is Cc1nc(COC(=O)CCN2c3ccccc3Sc3ccccc32)oc1C. The van der Waals surface area contributed by atoms with Crippen molar-refractivity contribution in [3.63, 3.8) is 0 Å². The molecule has 0 spiro atoms. The maximum absolute atomic E-state index is 12.3. The lowest BCUT2D eigenvalue weighted by atomic mass is 10.2. The molecule has 0 saturated heterocycles. The molecular formula is C21H20N2O3S. The molecule has 0 unspecified atom stereocenters. The van der Waals surface area contributed by atoms with Crippen LogP contribution >= 0.6 is 11.8 Å². The van der Waals surface area contributed by atoms with E-state index in [-0.39, 0.29) is 19.0 Å². The number of carbonyl (C=O) groups excluding carboxylic acids is 1. The Labute approximate surface area is 162 Å². The normalized spacial score (nSPS) is 12.4. The van der Waals surface area contributed by atoms with E-state index >= 15 is 0 Å². The number of hydrogen-bond donors (Lipinski definition) is 0. The van der Waals surface area contributed by atoms with Gasteiger partial charge in [-0.3, -0.25) is 4.79 Å². The second-order valence-corrected chi connectivity index (χ2v) is 7.43. The summed E-state index contributed by atoms with van der Waals surface area (Å²) in [6, 6.07) is 16.5. The van der Waals surface area contributed by atoms with Crippen LogP contribution in [0.2, 0.25) is 0 Å². The van der Waals surface area contributed by atoms with Gasteiger partial charge < -0.3 is 14.1 Å². The van der Waals surface area contributed by atoms with Gasteiger partial charge in [0.05, 0.1) is 23.5 Å². The number of hydrogen-bond acceptors (Lipinski definition) is 6. The molecule has 1 aliphatic rings. The van der Waals surface area contributed by atoms with E-state index in [1.165, 1.54) is 9.79 Å². The molecule has 0 amide bonds. The molecule has 0 radical (unpaired) electrons. The largest absolute Gasteiger partial charge is 0.456 e.